The van der Waals surface area contributed by atoms with Crippen LogP contribution >= 0.6 is 23.6 Å². The molecule has 0 amide bonds. The Labute approximate surface area is 120 Å². The highest BCUT2D eigenvalue weighted by Gasteiger charge is 2.15. The second kappa shape index (κ2) is 4.58. The number of hydrogen-bond acceptors (Lipinski definition) is 3. The van der Waals surface area contributed by atoms with Gasteiger partial charge in [0.25, 0.3) is 0 Å². The molecule has 3 rings (SSSR count). The van der Waals surface area contributed by atoms with E-state index in [2.05, 4.69) is 53.5 Å². The number of nitrogens with one attached hydrogen (secondary N) is 1. The largest absolute Gasteiger partial charge is 0.331 e. The molecule has 2 heterocycles. The zero-order valence-corrected chi connectivity index (χ0v) is 12.7. The van der Waals surface area contributed by atoms with Gasteiger partial charge in [-0.1, -0.05) is 6.07 Å². The Morgan fingerprint density at radius 1 is 1.37 bits per heavy atom. The highest BCUT2D eigenvalue weighted by Crippen LogP contribution is 2.27. The first-order chi connectivity index (χ1) is 9.06. The molecule has 1 N–H and O–H groups in total. The molecule has 19 heavy (non-hydrogen) atoms. The third-order valence-corrected chi connectivity index (χ3v) is 4.64. The number of hydrogen-bond donors (Lipinski definition) is 1. The highest BCUT2D eigenvalue weighted by atomic mass is 32.1. The molecule has 0 aliphatic heterocycles. The molecule has 0 saturated heterocycles. The molecule has 3 nitrogen and oxygen atoms in total. The van der Waals surface area contributed by atoms with Crippen molar-refractivity contribution in [3.05, 3.63) is 44.6 Å². The molecule has 2 aromatic heterocycles. The van der Waals surface area contributed by atoms with Crippen molar-refractivity contribution >= 4 is 34.6 Å². The Morgan fingerprint density at radius 3 is 2.84 bits per heavy atom. The number of thiazole rings is 1. The van der Waals surface area contributed by atoms with Crippen LogP contribution in [0, 0.1) is 18.6 Å². The topological polar surface area (TPSA) is 33.6 Å². The lowest BCUT2D eigenvalue weighted by atomic mass is 10.2. The van der Waals surface area contributed by atoms with Gasteiger partial charge in [-0.05, 0) is 50.7 Å². The number of H-pyrrole nitrogens is 1. The summed E-state index contributed by atoms with van der Waals surface area (Å²) in [5.41, 5.74) is 3.46. The van der Waals surface area contributed by atoms with Crippen LogP contribution in [0.15, 0.2) is 24.4 Å². The Balaban J connectivity index is 2.21. The van der Waals surface area contributed by atoms with Crippen LogP contribution in [0.25, 0.3) is 11.0 Å². The minimum Gasteiger partial charge on any atom is -0.331 e. The lowest BCUT2D eigenvalue weighted by Gasteiger charge is -2.12. The van der Waals surface area contributed by atoms with Crippen LogP contribution in [-0.4, -0.2) is 14.5 Å². The summed E-state index contributed by atoms with van der Waals surface area (Å²) in [7, 11) is 0. The maximum atomic E-state index is 5.46. The molecule has 0 fully saturated rings. The number of aromatic amines is 1. The van der Waals surface area contributed by atoms with E-state index in [4.69, 9.17) is 12.2 Å². The van der Waals surface area contributed by atoms with Gasteiger partial charge < -0.3 is 9.55 Å². The van der Waals surface area contributed by atoms with Crippen molar-refractivity contribution in [2.45, 2.75) is 26.8 Å². The molecule has 0 spiro atoms. The summed E-state index contributed by atoms with van der Waals surface area (Å²) >= 11 is 7.19. The van der Waals surface area contributed by atoms with Gasteiger partial charge in [0.1, 0.15) is 5.01 Å². The average Bonchev–Trinajstić information content (AvgIpc) is 2.91. The van der Waals surface area contributed by atoms with E-state index in [1.165, 1.54) is 10.4 Å². The standard InChI is InChI=1S/C14H15N3S2/c1-8-4-5-11-12(6-8)17(14(18)16-11)10(3)13-15-7-9(2)19-13/h4-7,10H,1-3H3,(H,16,18). The summed E-state index contributed by atoms with van der Waals surface area (Å²) in [5, 5.41) is 1.09. The number of aryl methyl sites for hydroxylation is 2. The summed E-state index contributed by atoms with van der Waals surface area (Å²) in [5.74, 6) is 0. The first-order valence-corrected chi connectivity index (χ1v) is 7.42. The van der Waals surface area contributed by atoms with E-state index < -0.39 is 0 Å². The Morgan fingerprint density at radius 2 is 2.16 bits per heavy atom. The predicted molar refractivity (Wildman–Crippen MR) is 82.5 cm³/mol. The molecular formula is C14H15N3S2. The number of rotatable bonds is 2. The van der Waals surface area contributed by atoms with Crippen LogP contribution < -0.4 is 0 Å². The van der Waals surface area contributed by atoms with Crippen molar-refractivity contribution in [3.8, 4) is 0 Å². The molecule has 0 aliphatic carbocycles. The Hall–Kier alpha value is -1.46. The van der Waals surface area contributed by atoms with Gasteiger partial charge >= 0.3 is 0 Å². The first kappa shape index (κ1) is 12.6. The van der Waals surface area contributed by atoms with Gasteiger partial charge in [0.2, 0.25) is 0 Å². The van der Waals surface area contributed by atoms with Crippen molar-refractivity contribution in [1.82, 2.24) is 14.5 Å². The number of imidazole rings is 1. The van der Waals surface area contributed by atoms with E-state index in [-0.39, 0.29) is 6.04 Å². The molecule has 5 heteroatoms. The van der Waals surface area contributed by atoms with Gasteiger partial charge in [0, 0.05) is 11.1 Å². The summed E-state index contributed by atoms with van der Waals surface area (Å²) in [4.78, 5) is 8.97. The van der Waals surface area contributed by atoms with E-state index in [1.807, 2.05) is 6.20 Å². The molecular weight excluding hydrogens is 274 g/mol. The minimum absolute atomic E-state index is 0.154. The quantitative estimate of drug-likeness (QED) is 0.710. The first-order valence-electron chi connectivity index (χ1n) is 6.19. The zero-order chi connectivity index (χ0) is 13.6. The van der Waals surface area contributed by atoms with Crippen molar-refractivity contribution in [2.24, 2.45) is 0 Å². The van der Waals surface area contributed by atoms with E-state index in [0.29, 0.717) is 0 Å². The van der Waals surface area contributed by atoms with Gasteiger partial charge in [-0.25, -0.2) is 4.98 Å². The van der Waals surface area contributed by atoms with Crippen LogP contribution in [0.2, 0.25) is 0 Å². The number of fused-ring (bicyclic) bond motifs is 1. The van der Waals surface area contributed by atoms with Gasteiger partial charge in [-0.3, -0.25) is 0 Å². The SMILES string of the molecule is Cc1ccc2[nH]c(=S)n(C(C)c3ncc(C)s3)c2c1. The van der Waals surface area contributed by atoms with E-state index in [1.54, 1.807) is 11.3 Å². The fourth-order valence-corrected chi connectivity index (χ4v) is 3.47. The summed E-state index contributed by atoms with van der Waals surface area (Å²) in [6.07, 6.45) is 1.92. The molecule has 1 aromatic carbocycles. The smallest absolute Gasteiger partial charge is 0.178 e. The van der Waals surface area contributed by atoms with Crippen LogP contribution in [0.4, 0.5) is 0 Å². The lowest BCUT2D eigenvalue weighted by Crippen LogP contribution is -2.06. The van der Waals surface area contributed by atoms with Crippen LogP contribution in [0.3, 0.4) is 0 Å². The average molecular weight is 289 g/mol. The maximum Gasteiger partial charge on any atom is 0.178 e. The Kier molecular flexibility index (Phi) is 3.03. The van der Waals surface area contributed by atoms with Crippen LogP contribution in [-0.2, 0) is 0 Å². The monoisotopic (exact) mass is 289 g/mol. The van der Waals surface area contributed by atoms with Crippen LogP contribution in [0.5, 0.6) is 0 Å². The second-order valence-electron chi connectivity index (χ2n) is 4.81. The summed E-state index contributed by atoms with van der Waals surface area (Å²) < 4.78 is 2.90. The van der Waals surface area contributed by atoms with Crippen molar-refractivity contribution in [3.63, 3.8) is 0 Å². The fourth-order valence-electron chi connectivity index (χ4n) is 2.29. The van der Waals surface area contributed by atoms with E-state index >= 15 is 0 Å². The van der Waals surface area contributed by atoms with Gasteiger partial charge in [-0.2, -0.15) is 0 Å². The normalized spacial score (nSPS) is 13.0. The molecule has 0 aliphatic rings. The summed E-state index contributed by atoms with van der Waals surface area (Å²) in [6, 6.07) is 6.49. The fraction of sp³-hybridized carbons (Fsp3) is 0.286. The zero-order valence-electron chi connectivity index (χ0n) is 11.1. The summed E-state index contributed by atoms with van der Waals surface area (Å²) in [6.45, 7) is 6.31. The molecule has 98 valence electrons. The molecule has 3 aromatic rings. The van der Waals surface area contributed by atoms with Gasteiger partial charge in [0.15, 0.2) is 4.77 Å². The number of aromatic nitrogens is 3. The molecule has 1 atom stereocenters. The highest BCUT2D eigenvalue weighted by molar-refractivity contribution is 7.71. The van der Waals surface area contributed by atoms with E-state index in [0.717, 1.165) is 20.8 Å². The molecule has 0 bridgehead atoms. The van der Waals surface area contributed by atoms with Crippen molar-refractivity contribution in [2.75, 3.05) is 0 Å². The van der Waals surface area contributed by atoms with Crippen LogP contribution in [0.1, 0.15) is 28.4 Å². The minimum atomic E-state index is 0.154. The molecule has 1 unspecified atom stereocenters. The van der Waals surface area contributed by atoms with Crippen molar-refractivity contribution < 1.29 is 0 Å². The second-order valence-corrected chi connectivity index (χ2v) is 6.46. The number of nitrogens with zero attached hydrogens (tertiary/aromatic N) is 2. The molecule has 0 saturated carbocycles. The maximum absolute atomic E-state index is 5.46. The Bertz CT molecular complexity index is 794. The molecule has 0 radical (unpaired) electrons. The lowest BCUT2D eigenvalue weighted by molar-refractivity contribution is 0.644. The van der Waals surface area contributed by atoms with Crippen molar-refractivity contribution in [1.29, 1.82) is 0 Å². The third-order valence-electron chi connectivity index (χ3n) is 3.26. The van der Waals surface area contributed by atoms with Gasteiger partial charge in [-0.15, -0.1) is 11.3 Å². The van der Waals surface area contributed by atoms with Gasteiger partial charge in [0.05, 0.1) is 17.1 Å². The number of benzene rings is 1. The predicted octanol–water partition coefficient (Wildman–Crippen LogP) is 4.38. The third kappa shape index (κ3) is 2.13. The van der Waals surface area contributed by atoms with E-state index in [9.17, 15) is 0 Å².